The minimum atomic E-state index is -2.64. The van der Waals surface area contributed by atoms with Gasteiger partial charge in [0.15, 0.2) is 0 Å². The molecule has 1 amide bonds. The average molecular weight is 228 g/mol. The fourth-order valence-electron chi connectivity index (χ4n) is 1.37. The van der Waals surface area contributed by atoms with E-state index in [0.717, 1.165) is 0 Å². The molecule has 1 saturated heterocycles. The van der Waals surface area contributed by atoms with Crippen molar-refractivity contribution in [2.24, 2.45) is 0 Å². The minimum absolute atomic E-state index is 0.446. The Hall–Kier alpha value is -1.16. The van der Waals surface area contributed by atoms with Crippen molar-refractivity contribution < 1.29 is 18.4 Å². The monoisotopic (exact) mass is 228 g/mol. The van der Waals surface area contributed by atoms with Crippen LogP contribution in [0.5, 0.6) is 0 Å². The van der Waals surface area contributed by atoms with E-state index in [1.165, 1.54) is 18.9 Å². The van der Waals surface area contributed by atoms with Crippen molar-refractivity contribution in [3.63, 3.8) is 0 Å². The normalized spacial score (nSPS) is 18.3. The van der Waals surface area contributed by atoms with Gasteiger partial charge in [-0.25, -0.2) is 4.79 Å². The molecule has 1 aromatic rings. The van der Waals surface area contributed by atoms with Gasteiger partial charge < -0.3 is 4.52 Å². The van der Waals surface area contributed by atoms with Crippen molar-refractivity contribution in [3.8, 4) is 0 Å². The van der Waals surface area contributed by atoms with Crippen LogP contribution in [0.15, 0.2) is 30.3 Å². The molecular weight excluding hydrogens is 217 g/mol. The zero-order valence-electron chi connectivity index (χ0n) is 8.41. The standard InChI is InChI=1S/C9H11NO4P/c1-12-15(13-2)10(9(11)14-15)8-6-4-3-5-7-8/h3-7H,1-2H3. The van der Waals surface area contributed by atoms with Crippen LogP contribution in [0.25, 0.3) is 0 Å². The van der Waals surface area contributed by atoms with Crippen LogP contribution in [-0.2, 0) is 13.6 Å². The number of hydrogen-bond acceptors (Lipinski definition) is 4. The second kappa shape index (κ2) is 3.77. The van der Waals surface area contributed by atoms with Gasteiger partial charge in [0.05, 0.1) is 5.69 Å². The van der Waals surface area contributed by atoms with E-state index >= 15 is 0 Å². The van der Waals surface area contributed by atoms with E-state index in [1.54, 1.807) is 12.1 Å². The van der Waals surface area contributed by atoms with Crippen LogP contribution in [0.1, 0.15) is 0 Å². The summed E-state index contributed by atoms with van der Waals surface area (Å²) in [5, 5.41) is 0. The highest BCUT2D eigenvalue weighted by Crippen LogP contribution is 2.72. The molecule has 1 heterocycles. The highest BCUT2D eigenvalue weighted by molar-refractivity contribution is 7.67. The third kappa shape index (κ3) is 1.49. The van der Waals surface area contributed by atoms with Gasteiger partial charge in [0, 0.05) is 14.2 Å². The number of carbonyl (C=O) groups excluding carboxylic acids is 1. The Morgan fingerprint density at radius 2 is 1.80 bits per heavy atom. The number of anilines is 1. The first-order valence-electron chi connectivity index (χ1n) is 4.33. The molecule has 0 unspecified atom stereocenters. The number of nitrogens with zero attached hydrogens (tertiary/aromatic N) is 1. The Kier molecular flexibility index (Phi) is 2.61. The summed E-state index contributed by atoms with van der Waals surface area (Å²) in [6.45, 7) is 0. The quantitative estimate of drug-likeness (QED) is 0.746. The van der Waals surface area contributed by atoms with Gasteiger partial charge in [-0.1, -0.05) is 18.2 Å². The SMILES string of the molecule is CO[P]1(OC)OC(=O)N1c1ccccc1. The lowest BCUT2D eigenvalue weighted by atomic mass is 10.3. The Labute approximate surface area is 88.2 Å². The van der Waals surface area contributed by atoms with Gasteiger partial charge in [0.2, 0.25) is 0 Å². The van der Waals surface area contributed by atoms with Crippen LogP contribution in [0, 0.1) is 0 Å². The van der Waals surface area contributed by atoms with Crippen molar-refractivity contribution in [3.05, 3.63) is 30.3 Å². The van der Waals surface area contributed by atoms with Crippen molar-refractivity contribution in [1.29, 1.82) is 0 Å². The van der Waals surface area contributed by atoms with Gasteiger partial charge in [-0.3, -0.25) is 9.05 Å². The molecule has 0 spiro atoms. The molecule has 1 aliphatic rings. The summed E-state index contributed by atoms with van der Waals surface area (Å²) >= 11 is 0. The molecule has 6 heteroatoms. The van der Waals surface area contributed by atoms with Crippen molar-refractivity contribution in [2.75, 3.05) is 18.9 Å². The van der Waals surface area contributed by atoms with E-state index in [1.807, 2.05) is 18.2 Å². The minimum Gasteiger partial charge on any atom is -0.368 e. The van der Waals surface area contributed by atoms with E-state index in [-0.39, 0.29) is 0 Å². The second-order valence-electron chi connectivity index (χ2n) is 2.84. The first kappa shape index (κ1) is 10.4. The lowest BCUT2D eigenvalue weighted by Crippen LogP contribution is -2.44. The predicted molar refractivity (Wildman–Crippen MR) is 56.3 cm³/mol. The number of rotatable bonds is 3. The first-order valence-corrected chi connectivity index (χ1v) is 5.83. The summed E-state index contributed by atoms with van der Waals surface area (Å²) in [4.78, 5) is 11.3. The molecule has 0 aromatic heterocycles. The number of benzene rings is 1. The van der Waals surface area contributed by atoms with Crippen LogP contribution in [-0.4, -0.2) is 20.3 Å². The predicted octanol–water partition coefficient (Wildman–Crippen LogP) is 2.61. The Bertz CT molecular complexity index is 366. The smallest absolute Gasteiger partial charge is 0.368 e. The fraction of sp³-hybridized carbons (Fsp3) is 0.222. The highest BCUT2D eigenvalue weighted by Gasteiger charge is 2.56. The van der Waals surface area contributed by atoms with Crippen LogP contribution in [0.4, 0.5) is 10.5 Å². The molecular formula is C9H11NO4P. The van der Waals surface area contributed by atoms with Gasteiger partial charge in [0.25, 0.3) is 0 Å². The van der Waals surface area contributed by atoms with E-state index in [2.05, 4.69) is 0 Å². The number of para-hydroxylation sites is 1. The molecule has 1 fully saturated rings. The molecule has 1 radical (unpaired) electrons. The topological polar surface area (TPSA) is 48.0 Å². The van der Waals surface area contributed by atoms with Crippen molar-refractivity contribution in [1.82, 2.24) is 0 Å². The maximum atomic E-state index is 11.3. The third-order valence-electron chi connectivity index (χ3n) is 2.07. The highest BCUT2D eigenvalue weighted by atomic mass is 31.2. The molecule has 0 bridgehead atoms. The van der Waals surface area contributed by atoms with E-state index in [0.29, 0.717) is 5.69 Å². The molecule has 0 aliphatic carbocycles. The molecule has 15 heavy (non-hydrogen) atoms. The lowest BCUT2D eigenvalue weighted by molar-refractivity contribution is 0.149. The van der Waals surface area contributed by atoms with Crippen molar-refractivity contribution >= 4 is 19.9 Å². The molecule has 81 valence electrons. The van der Waals surface area contributed by atoms with Gasteiger partial charge >= 0.3 is 14.2 Å². The molecule has 1 aliphatic heterocycles. The second-order valence-corrected chi connectivity index (χ2v) is 5.09. The molecule has 0 atom stereocenters. The summed E-state index contributed by atoms with van der Waals surface area (Å²) < 4.78 is 16.6. The van der Waals surface area contributed by atoms with Gasteiger partial charge in [-0.15, -0.1) is 0 Å². The largest absolute Gasteiger partial charge is 0.430 e. The summed E-state index contributed by atoms with van der Waals surface area (Å²) in [5.74, 6) is 0. The zero-order chi connectivity index (χ0) is 10.9. The average Bonchev–Trinajstić information content (AvgIpc) is 2.26. The maximum Gasteiger partial charge on any atom is 0.430 e. The van der Waals surface area contributed by atoms with E-state index in [9.17, 15) is 4.79 Å². The van der Waals surface area contributed by atoms with Gasteiger partial charge in [0.1, 0.15) is 0 Å². The molecule has 5 nitrogen and oxygen atoms in total. The number of amides is 1. The third-order valence-corrected chi connectivity index (χ3v) is 4.27. The number of carbonyl (C=O) groups is 1. The zero-order valence-corrected chi connectivity index (χ0v) is 9.31. The Morgan fingerprint density at radius 1 is 1.20 bits per heavy atom. The van der Waals surface area contributed by atoms with Crippen LogP contribution in [0.2, 0.25) is 0 Å². The Balaban J connectivity index is 2.31. The van der Waals surface area contributed by atoms with Crippen molar-refractivity contribution in [2.45, 2.75) is 0 Å². The number of hydrogen-bond donors (Lipinski definition) is 0. The fourth-order valence-corrected chi connectivity index (χ4v) is 2.91. The summed E-state index contributed by atoms with van der Waals surface area (Å²) in [6.07, 6.45) is -0.446. The van der Waals surface area contributed by atoms with Crippen LogP contribution < -0.4 is 4.67 Å². The summed E-state index contributed by atoms with van der Waals surface area (Å²) in [6, 6.07) is 9.14. The lowest BCUT2D eigenvalue weighted by Gasteiger charge is -2.46. The van der Waals surface area contributed by atoms with Crippen LogP contribution in [0.3, 0.4) is 0 Å². The maximum absolute atomic E-state index is 11.3. The van der Waals surface area contributed by atoms with Gasteiger partial charge in [-0.05, 0) is 12.1 Å². The molecule has 2 rings (SSSR count). The van der Waals surface area contributed by atoms with E-state index < -0.39 is 14.2 Å². The van der Waals surface area contributed by atoms with Crippen LogP contribution >= 0.6 is 8.09 Å². The Morgan fingerprint density at radius 3 is 2.27 bits per heavy atom. The first-order chi connectivity index (χ1) is 7.23. The molecule has 0 N–H and O–H groups in total. The van der Waals surface area contributed by atoms with Gasteiger partial charge in [-0.2, -0.15) is 4.67 Å². The summed E-state index contributed by atoms with van der Waals surface area (Å²) in [7, 11) is 0.280. The summed E-state index contributed by atoms with van der Waals surface area (Å²) in [5.41, 5.74) is 0.714. The molecule has 1 aromatic carbocycles. The van der Waals surface area contributed by atoms with E-state index in [4.69, 9.17) is 13.6 Å². The molecule has 0 saturated carbocycles.